The highest BCUT2D eigenvalue weighted by Crippen LogP contribution is 2.18. The van der Waals surface area contributed by atoms with Crippen molar-refractivity contribution in [2.24, 2.45) is 0 Å². The Kier molecular flexibility index (Phi) is 2.82. The Morgan fingerprint density at radius 1 is 1.18 bits per heavy atom. The second kappa shape index (κ2) is 4.96. The van der Waals surface area contributed by atoms with Gasteiger partial charge in [-0.25, -0.2) is 14.8 Å². The second-order valence-electron chi connectivity index (χ2n) is 4.74. The van der Waals surface area contributed by atoms with Gasteiger partial charge in [0.25, 0.3) is 0 Å². The Morgan fingerprint density at radius 2 is 2.14 bits per heavy atom. The van der Waals surface area contributed by atoms with Gasteiger partial charge in [-0.15, -0.1) is 0 Å². The van der Waals surface area contributed by atoms with Crippen LogP contribution in [0.4, 0.5) is 0 Å². The number of hydrogen-bond acceptors (Lipinski definition) is 5. The highest BCUT2D eigenvalue weighted by Gasteiger charge is 2.12. The lowest BCUT2D eigenvalue weighted by atomic mass is 10.3. The predicted molar refractivity (Wildman–Crippen MR) is 79.2 cm³/mol. The number of pyridine rings is 1. The lowest BCUT2D eigenvalue weighted by Crippen LogP contribution is -2.18. The molecule has 0 aliphatic heterocycles. The van der Waals surface area contributed by atoms with Crippen LogP contribution in [0.3, 0.4) is 0 Å². The minimum Gasteiger partial charge on any atom is -0.463 e. The molecule has 0 spiro atoms. The lowest BCUT2D eigenvalue weighted by Gasteiger charge is -2.02. The first-order chi connectivity index (χ1) is 10.8. The number of imidazole rings is 1. The van der Waals surface area contributed by atoms with Crippen LogP contribution in [0.25, 0.3) is 22.7 Å². The van der Waals surface area contributed by atoms with Crippen molar-refractivity contribution >= 4 is 11.3 Å². The summed E-state index contributed by atoms with van der Waals surface area (Å²) in [6, 6.07) is 9.13. The second-order valence-corrected chi connectivity index (χ2v) is 4.74. The summed E-state index contributed by atoms with van der Waals surface area (Å²) in [4.78, 5) is 27.8. The summed E-state index contributed by atoms with van der Waals surface area (Å²) in [7, 11) is 0. The maximum atomic E-state index is 12.1. The molecule has 0 aliphatic rings. The van der Waals surface area contributed by atoms with Gasteiger partial charge in [0.15, 0.2) is 17.1 Å². The molecule has 7 nitrogen and oxygen atoms in total. The minimum absolute atomic E-state index is 0.266. The van der Waals surface area contributed by atoms with Crippen LogP contribution < -0.4 is 5.69 Å². The molecular weight excluding hydrogens is 282 g/mol. The Morgan fingerprint density at radius 3 is 2.91 bits per heavy atom. The maximum absolute atomic E-state index is 12.1. The number of fused-ring (bicyclic) bond motifs is 1. The third-order valence-corrected chi connectivity index (χ3v) is 3.30. The maximum Gasteiger partial charge on any atom is 0.329 e. The summed E-state index contributed by atoms with van der Waals surface area (Å²) in [6.07, 6.45) is 4.84. The number of nitrogens with one attached hydrogen (secondary N) is 1. The number of aromatic amines is 1. The van der Waals surface area contributed by atoms with Crippen LogP contribution in [0, 0.1) is 0 Å². The first-order valence-corrected chi connectivity index (χ1v) is 6.70. The average molecular weight is 293 g/mol. The molecule has 1 N–H and O–H groups in total. The van der Waals surface area contributed by atoms with Crippen LogP contribution in [0.5, 0.6) is 0 Å². The Bertz CT molecular complexity index is 970. The zero-order valence-electron chi connectivity index (χ0n) is 11.4. The molecule has 0 amide bonds. The molecule has 4 heterocycles. The number of nitrogens with zero attached hydrogens (tertiary/aromatic N) is 4. The van der Waals surface area contributed by atoms with Crippen LogP contribution in [0.2, 0.25) is 0 Å². The van der Waals surface area contributed by atoms with Crippen molar-refractivity contribution in [3.05, 3.63) is 65.2 Å². The molecule has 7 heteroatoms. The van der Waals surface area contributed by atoms with Crippen LogP contribution in [-0.2, 0) is 6.54 Å². The number of H-pyrrole nitrogens is 1. The molecule has 0 aliphatic carbocycles. The fourth-order valence-electron chi connectivity index (χ4n) is 2.27. The average Bonchev–Trinajstić information content (AvgIpc) is 3.17. The topological polar surface area (TPSA) is 89.6 Å². The molecule has 0 fully saturated rings. The molecule has 0 radical (unpaired) electrons. The molecule has 0 saturated heterocycles. The van der Waals surface area contributed by atoms with Gasteiger partial charge in [-0.1, -0.05) is 6.07 Å². The first kappa shape index (κ1) is 12.5. The van der Waals surface area contributed by atoms with E-state index in [0.29, 0.717) is 29.3 Å². The zero-order valence-corrected chi connectivity index (χ0v) is 11.4. The van der Waals surface area contributed by atoms with Gasteiger partial charge >= 0.3 is 5.69 Å². The fraction of sp³-hybridized carbons (Fsp3) is 0.0667. The monoisotopic (exact) mass is 293 g/mol. The first-order valence-electron chi connectivity index (χ1n) is 6.70. The molecule has 4 rings (SSSR count). The number of aromatic nitrogens is 5. The largest absolute Gasteiger partial charge is 0.463 e. The summed E-state index contributed by atoms with van der Waals surface area (Å²) >= 11 is 0. The summed E-state index contributed by atoms with van der Waals surface area (Å²) in [5.74, 6) is 0.604. The van der Waals surface area contributed by atoms with E-state index in [2.05, 4.69) is 19.9 Å². The number of furan rings is 1. The summed E-state index contributed by atoms with van der Waals surface area (Å²) in [5, 5.41) is 0. The molecule has 22 heavy (non-hydrogen) atoms. The molecule has 108 valence electrons. The van der Waals surface area contributed by atoms with Crippen LogP contribution >= 0.6 is 0 Å². The van der Waals surface area contributed by atoms with Crippen molar-refractivity contribution in [1.29, 1.82) is 0 Å². The van der Waals surface area contributed by atoms with E-state index >= 15 is 0 Å². The Labute approximate surface area is 124 Å². The van der Waals surface area contributed by atoms with Crippen molar-refractivity contribution in [2.45, 2.75) is 6.54 Å². The van der Waals surface area contributed by atoms with E-state index in [-0.39, 0.29) is 5.69 Å². The van der Waals surface area contributed by atoms with E-state index in [0.717, 1.165) is 5.69 Å². The lowest BCUT2D eigenvalue weighted by molar-refractivity contribution is 0.580. The van der Waals surface area contributed by atoms with Crippen LogP contribution in [0.15, 0.2) is 58.2 Å². The van der Waals surface area contributed by atoms with Crippen molar-refractivity contribution in [3.63, 3.8) is 0 Å². The fourth-order valence-corrected chi connectivity index (χ4v) is 2.27. The van der Waals surface area contributed by atoms with Crippen molar-refractivity contribution in [2.75, 3.05) is 0 Å². The molecule has 0 aromatic carbocycles. The predicted octanol–water partition coefficient (Wildman–Crippen LogP) is 1.82. The van der Waals surface area contributed by atoms with Gasteiger partial charge in [0.05, 0.1) is 24.7 Å². The van der Waals surface area contributed by atoms with E-state index in [1.54, 1.807) is 30.8 Å². The quantitative estimate of drug-likeness (QED) is 0.622. The van der Waals surface area contributed by atoms with Crippen molar-refractivity contribution in [3.8, 4) is 11.5 Å². The minimum atomic E-state index is -0.266. The van der Waals surface area contributed by atoms with E-state index in [1.807, 2.05) is 18.2 Å². The molecule has 0 atom stereocenters. The number of rotatable bonds is 3. The summed E-state index contributed by atoms with van der Waals surface area (Å²) < 4.78 is 6.80. The molecule has 0 bridgehead atoms. The normalized spacial score (nSPS) is 11.1. The van der Waals surface area contributed by atoms with Crippen molar-refractivity contribution < 1.29 is 4.42 Å². The molecular formula is C15H11N5O2. The Balaban J connectivity index is 1.80. The smallest absolute Gasteiger partial charge is 0.329 e. The third kappa shape index (κ3) is 2.08. The highest BCUT2D eigenvalue weighted by molar-refractivity contribution is 5.69. The van der Waals surface area contributed by atoms with Gasteiger partial charge in [0, 0.05) is 6.20 Å². The third-order valence-electron chi connectivity index (χ3n) is 3.30. The highest BCUT2D eigenvalue weighted by atomic mass is 16.3. The van der Waals surface area contributed by atoms with Gasteiger partial charge in [-0.2, -0.15) is 0 Å². The van der Waals surface area contributed by atoms with Crippen LogP contribution in [0.1, 0.15) is 5.69 Å². The van der Waals surface area contributed by atoms with E-state index in [4.69, 9.17) is 4.42 Å². The molecule has 0 unspecified atom stereocenters. The summed E-state index contributed by atoms with van der Waals surface area (Å²) in [6.45, 7) is 0.342. The summed E-state index contributed by atoms with van der Waals surface area (Å²) in [5.41, 5.74) is 2.00. The molecule has 4 aromatic rings. The SMILES string of the molecule is O=c1[nH]c2nc(-c3ccco3)cnc2n1Cc1ccccn1. The standard InChI is InChI=1S/C15H11N5O2/c21-15-19-13-14(20(15)9-10-4-1-2-6-16-10)17-8-11(18-13)12-5-3-7-22-12/h1-8H,9H2,(H,18,19,21). The van der Waals surface area contributed by atoms with Gasteiger partial charge in [-0.05, 0) is 24.3 Å². The zero-order chi connectivity index (χ0) is 14.9. The van der Waals surface area contributed by atoms with Gasteiger partial charge in [0.2, 0.25) is 0 Å². The van der Waals surface area contributed by atoms with E-state index in [9.17, 15) is 4.79 Å². The number of hydrogen-bond donors (Lipinski definition) is 1. The van der Waals surface area contributed by atoms with E-state index in [1.165, 1.54) is 4.57 Å². The molecule has 4 aromatic heterocycles. The van der Waals surface area contributed by atoms with Crippen LogP contribution in [-0.4, -0.2) is 24.5 Å². The van der Waals surface area contributed by atoms with Gasteiger partial charge in [-0.3, -0.25) is 14.5 Å². The Hall–Kier alpha value is -3.22. The van der Waals surface area contributed by atoms with E-state index < -0.39 is 0 Å². The van der Waals surface area contributed by atoms with Gasteiger partial charge < -0.3 is 4.42 Å². The van der Waals surface area contributed by atoms with Crippen molar-refractivity contribution in [1.82, 2.24) is 24.5 Å². The van der Waals surface area contributed by atoms with Gasteiger partial charge in [0.1, 0.15) is 5.69 Å². The molecule has 0 saturated carbocycles.